The molecule has 0 unspecified atom stereocenters. The van der Waals surface area contributed by atoms with E-state index in [0.717, 1.165) is 18.5 Å². The Labute approximate surface area is 161 Å². The van der Waals surface area contributed by atoms with Crippen molar-refractivity contribution in [3.63, 3.8) is 0 Å². The van der Waals surface area contributed by atoms with Gasteiger partial charge in [-0.2, -0.15) is 0 Å². The maximum absolute atomic E-state index is 12.7. The number of carbonyl (C=O) groups is 1. The summed E-state index contributed by atoms with van der Waals surface area (Å²) in [7, 11) is 0. The minimum Gasteiger partial charge on any atom is -0.368 e. The summed E-state index contributed by atoms with van der Waals surface area (Å²) in [6, 6.07) is 13.6. The number of carbonyl (C=O) groups excluding carboxylic acids is 1. The minimum absolute atomic E-state index is 0.0900. The molecular weight excluding hydrogens is 336 g/mol. The number of nitrogens with zero attached hydrogens (tertiary/aromatic N) is 3. The van der Waals surface area contributed by atoms with Crippen molar-refractivity contribution in [2.75, 3.05) is 18.4 Å². The SMILES string of the molecule is CCN(Cc1ccccc1)C(=O)c1ccc(NCCC2=CCCCC2)nn1. The van der Waals surface area contributed by atoms with Crippen LogP contribution < -0.4 is 5.32 Å². The molecule has 1 amide bonds. The van der Waals surface area contributed by atoms with Gasteiger partial charge in [0.2, 0.25) is 0 Å². The number of amides is 1. The molecule has 1 aromatic carbocycles. The molecule has 1 aliphatic carbocycles. The predicted molar refractivity (Wildman–Crippen MR) is 109 cm³/mol. The molecule has 1 aromatic heterocycles. The Kier molecular flexibility index (Phi) is 6.97. The maximum Gasteiger partial charge on any atom is 0.274 e. The summed E-state index contributed by atoms with van der Waals surface area (Å²) in [5, 5.41) is 11.6. The number of hydrogen-bond donors (Lipinski definition) is 1. The highest BCUT2D eigenvalue weighted by molar-refractivity contribution is 5.92. The molecule has 0 atom stereocenters. The molecule has 0 radical (unpaired) electrons. The van der Waals surface area contributed by atoms with E-state index in [-0.39, 0.29) is 5.91 Å². The van der Waals surface area contributed by atoms with Gasteiger partial charge in [-0.3, -0.25) is 4.79 Å². The average molecular weight is 364 g/mol. The van der Waals surface area contributed by atoms with Gasteiger partial charge in [0.05, 0.1) is 0 Å². The van der Waals surface area contributed by atoms with Gasteiger partial charge in [0, 0.05) is 19.6 Å². The fourth-order valence-electron chi connectivity index (χ4n) is 3.32. The van der Waals surface area contributed by atoms with E-state index in [1.807, 2.05) is 43.3 Å². The quantitative estimate of drug-likeness (QED) is 0.704. The fourth-order valence-corrected chi connectivity index (χ4v) is 3.32. The number of benzene rings is 1. The number of aromatic nitrogens is 2. The van der Waals surface area contributed by atoms with Crippen LogP contribution in [-0.4, -0.2) is 34.1 Å². The third kappa shape index (κ3) is 5.64. The lowest BCUT2D eigenvalue weighted by atomic mass is 9.97. The van der Waals surface area contributed by atoms with E-state index < -0.39 is 0 Å². The molecule has 2 aromatic rings. The smallest absolute Gasteiger partial charge is 0.274 e. The normalized spacial score (nSPS) is 13.7. The third-order valence-corrected chi connectivity index (χ3v) is 4.91. The van der Waals surface area contributed by atoms with E-state index in [2.05, 4.69) is 21.6 Å². The molecule has 0 aliphatic heterocycles. The van der Waals surface area contributed by atoms with Crippen molar-refractivity contribution in [2.24, 2.45) is 0 Å². The van der Waals surface area contributed by atoms with Crippen molar-refractivity contribution in [3.05, 3.63) is 65.4 Å². The van der Waals surface area contributed by atoms with Crippen LogP contribution in [0.3, 0.4) is 0 Å². The van der Waals surface area contributed by atoms with Crippen molar-refractivity contribution in [2.45, 2.75) is 45.6 Å². The number of nitrogens with one attached hydrogen (secondary N) is 1. The molecule has 1 aliphatic rings. The highest BCUT2D eigenvalue weighted by atomic mass is 16.2. The first-order chi connectivity index (χ1) is 13.3. The van der Waals surface area contributed by atoms with Crippen molar-refractivity contribution >= 4 is 11.7 Å². The first-order valence-corrected chi connectivity index (χ1v) is 9.85. The molecule has 5 nitrogen and oxygen atoms in total. The number of anilines is 1. The van der Waals surface area contributed by atoms with Gasteiger partial charge in [0.1, 0.15) is 5.82 Å². The third-order valence-electron chi connectivity index (χ3n) is 4.91. The van der Waals surface area contributed by atoms with Crippen molar-refractivity contribution in [1.29, 1.82) is 0 Å². The van der Waals surface area contributed by atoms with Crippen LogP contribution in [0.15, 0.2) is 54.1 Å². The Morgan fingerprint density at radius 3 is 2.63 bits per heavy atom. The van der Waals surface area contributed by atoms with E-state index in [1.165, 1.54) is 31.3 Å². The second-order valence-electron chi connectivity index (χ2n) is 6.89. The summed E-state index contributed by atoms with van der Waals surface area (Å²) >= 11 is 0. The van der Waals surface area contributed by atoms with Crippen LogP contribution in [-0.2, 0) is 6.54 Å². The van der Waals surface area contributed by atoms with Crippen molar-refractivity contribution < 1.29 is 4.79 Å². The second-order valence-corrected chi connectivity index (χ2v) is 6.89. The molecule has 142 valence electrons. The summed E-state index contributed by atoms with van der Waals surface area (Å²) < 4.78 is 0. The number of allylic oxidation sites excluding steroid dienone is 1. The Morgan fingerprint density at radius 1 is 1.11 bits per heavy atom. The number of rotatable bonds is 8. The molecule has 1 heterocycles. The largest absolute Gasteiger partial charge is 0.368 e. The van der Waals surface area contributed by atoms with Gasteiger partial charge in [-0.15, -0.1) is 10.2 Å². The first kappa shape index (κ1) is 19.1. The minimum atomic E-state index is -0.0900. The Hall–Kier alpha value is -2.69. The zero-order valence-corrected chi connectivity index (χ0v) is 16.0. The van der Waals surface area contributed by atoms with Crippen LogP contribution >= 0.6 is 0 Å². The lowest BCUT2D eigenvalue weighted by Gasteiger charge is -2.20. The summed E-state index contributed by atoms with van der Waals surface area (Å²) in [4.78, 5) is 14.5. The van der Waals surface area contributed by atoms with Crippen molar-refractivity contribution in [1.82, 2.24) is 15.1 Å². The molecule has 0 saturated carbocycles. The maximum atomic E-state index is 12.7. The van der Waals surface area contributed by atoms with Gasteiger partial charge in [-0.25, -0.2) is 0 Å². The van der Waals surface area contributed by atoms with Crippen molar-refractivity contribution in [3.8, 4) is 0 Å². The Morgan fingerprint density at radius 2 is 1.96 bits per heavy atom. The molecule has 5 heteroatoms. The van der Waals surface area contributed by atoms with Crippen LogP contribution in [0, 0.1) is 0 Å². The number of hydrogen-bond acceptors (Lipinski definition) is 4. The molecule has 0 fully saturated rings. The Balaban J connectivity index is 1.53. The molecular formula is C22H28N4O. The van der Waals surface area contributed by atoms with E-state index in [1.54, 1.807) is 11.0 Å². The summed E-state index contributed by atoms with van der Waals surface area (Å²) in [6.07, 6.45) is 8.46. The topological polar surface area (TPSA) is 58.1 Å². The van der Waals surface area contributed by atoms with Gasteiger partial charge in [0.15, 0.2) is 5.69 Å². The molecule has 0 saturated heterocycles. The van der Waals surface area contributed by atoms with E-state index in [4.69, 9.17) is 0 Å². The van der Waals surface area contributed by atoms with E-state index in [9.17, 15) is 4.79 Å². The van der Waals surface area contributed by atoms with Gasteiger partial charge in [-0.05, 0) is 56.7 Å². The molecule has 3 rings (SSSR count). The van der Waals surface area contributed by atoms with Crippen LogP contribution in [0.4, 0.5) is 5.82 Å². The standard InChI is InChI=1S/C22H28N4O/c1-2-26(17-19-11-7-4-8-12-19)22(27)20-13-14-21(25-24-20)23-16-15-18-9-5-3-6-10-18/h4,7-9,11-14H,2-3,5-6,10,15-17H2,1H3,(H,23,25). The fraction of sp³-hybridized carbons (Fsp3) is 0.409. The van der Waals surface area contributed by atoms with Gasteiger partial charge in [0.25, 0.3) is 5.91 Å². The summed E-state index contributed by atoms with van der Waals surface area (Å²) in [6.45, 7) is 4.03. The lowest BCUT2D eigenvalue weighted by Crippen LogP contribution is -2.31. The van der Waals surface area contributed by atoms with E-state index >= 15 is 0 Å². The summed E-state index contributed by atoms with van der Waals surface area (Å²) in [5.41, 5.74) is 3.03. The first-order valence-electron chi connectivity index (χ1n) is 9.85. The molecule has 0 bridgehead atoms. The lowest BCUT2D eigenvalue weighted by molar-refractivity contribution is 0.0745. The van der Waals surface area contributed by atoms with Crippen LogP contribution in [0.2, 0.25) is 0 Å². The average Bonchev–Trinajstić information content (AvgIpc) is 2.73. The van der Waals surface area contributed by atoms with Gasteiger partial charge in [-0.1, -0.05) is 42.0 Å². The Bertz CT molecular complexity index is 756. The van der Waals surface area contributed by atoms with Crippen LogP contribution in [0.25, 0.3) is 0 Å². The molecule has 27 heavy (non-hydrogen) atoms. The molecule has 1 N–H and O–H groups in total. The van der Waals surface area contributed by atoms with Crippen LogP contribution in [0.1, 0.15) is 55.1 Å². The predicted octanol–water partition coefficient (Wildman–Crippen LogP) is 4.44. The monoisotopic (exact) mass is 364 g/mol. The summed E-state index contributed by atoms with van der Waals surface area (Å²) in [5.74, 6) is 0.627. The zero-order valence-electron chi connectivity index (χ0n) is 16.0. The van der Waals surface area contributed by atoms with E-state index in [0.29, 0.717) is 24.6 Å². The highest BCUT2D eigenvalue weighted by Crippen LogP contribution is 2.20. The van der Waals surface area contributed by atoms with Gasteiger partial charge < -0.3 is 10.2 Å². The molecule has 0 spiro atoms. The zero-order chi connectivity index (χ0) is 18.9. The van der Waals surface area contributed by atoms with Gasteiger partial charge >= 0.3 is 0 Å². The second kappa shape index (κ2) is 9.86. The van der Waals surface area contributed by atoms with Crippen LogP contribution in [0.5, 0.6) is 0 Å². The highest BCUT2D eigenvalue weighted by Gasteiger charge is 2.16.